The molecule has 4 amide bonds. The minimum absolute atomic E-state index is 0.0827. The number of nitrogens with zero attached hydrogens (tertiary/aromatic N) is 1. The van der Waals surface area contributed by atoms with E-state index in [1.165, 1.54) is 4.90 Å². The van der Waals surface area contributed by atoms with Crippen LogP contribution in [0.25, 0.3) is 0 Å². The van der Waals surface area contributed by atoms with E-state index < -0.39 is 17.4 Å². The van der Waals surface area contributed by atoms with Gasteiger partial charge in [0.2, 0.25) is 11.8 Å². The molecule has 0 aromatic heterocycles. The molecule has 1 unspecified atom stereocenters. The van der Waals surface area contributed by atoms with Gasteiger partial charge in [-0.1, -0.05) is 13.8 Å². The number of rotatable bonds is 4. The van der Waals surface area contributed by atoms with Gasteiger partial charge in [0.25, 0.3) is 0 Å². The van der Waals surface area contributed by atoms with E-state index in [1.54, 1.807) is 11.8 Å². The number of carbonyl (C=O) groups excluding carboxylic acids is 3. The van der Waals surface area contributed by atoms with Gasteiger partial charge in [0, 0.05) is 11.3 Å². The monoisotopic (exact) mass is 298 g/mol. The lowest BCUT2D eigenvalue weighted by molar-refractivity contribution is -0.152. The molecule has 0 aliphatic carbocycles. The van der Waals surface area contributed by atoms with Crippen molar-refractivity contribution in [2.45, 2.75) is 51.2 Å². The van der Waals surface area contributed by atoms with Gasteiger partial charge in [0.05, 0.1) is 0 Å². The van der Waals surface area contributed by atoms with Crippen molar-refractivity contribution in [2.75, 3.05) is 12.3 Å². The van der Waals surface area contributed by atoms with Crippen LogP contribution in [0, 0.1) is 5.41 Å². The first-order chi connectivity index (χ1) is 9.38. The van der Waals surface area contributed by atoms with Crippen LogP contribution in [0.3, 0.4) is 0 Å². The summed E-state index contributed by atoms with van der Waals surface area (Å²) >= 11 is 1.80. The summed E-state index contributed by atoms with van der Waals surface area (Å²) in [7, 11) is 0. The zero-order valence-corrected chi connectivity index (χ0v) is 13.1. The van der Waals surface area contributed by atoms with Gasteiger partial charge in [-0.3, -0.25) is 19.8 Å². The summed E-state index contributed by atoms with van der Waals surface area (Å²) < 4.78 is -0.0827. The molecule has 2 aliphatic rings. The fourth-order valence-corrected chi connectivity index (χ4v) is 4.34. The van der Waals surface area contributed by atoms with E-state index in [0.29, 0.717) is 19.4 Å². The number of nitrogens with one attached hydrogen (secondary N) is 1. The molecule has 5 nitrogen and oxygen atoms in total. The van der Waals surface area contributed by atoms with Crippen LogP contribution in [-0.4, -0.2) is 39.8 Å². The van der Waals surface area contributed by atoms with Crippen LogP contribution >= 0.6 is 11.8 Å². The van der Waals surface area contributed by atoms with Gasteiger partial charge in [-0.15, -0.1) is 0 Å². The Hall–Kier alpha value is -1.04. The minimum atomic E-state index is -1.08. The van der Waals surface area contributed by atoms with E-state index in [9.17, 15) is 14.4 Å². The number of imide groups is 2. The number of carbonyl (C=O) groups is 3. The zero-order valence-electron chi connectivity index (χ0n) is 12.3. The molecule has 1 N–H and O–H groups in total. The predicted octanol–water partition coefficient (Wildman–Crippen LogP) is 2.16. The highest BCUT2D eigenvalue weighted by atomic mass is 32.2. The molecule has 112 valence electrons. The molecule has 2 rings (SSSR count). The summed E-state index contributed by atoms with van der Waals surface area (Å²) in [5, 5.41) is 2.36. The molecular weight excluding hydrogens is 276 g/mol. The van der Waals surface area contributed by atoms with Gasteiger partial charge in [-0.05, 0) is 38.4 Å². The molecule has 2 aliphatic heterocycles. The van der Waals surface area contributed by atoms with Crippen LogP contribution in [0.1, 0.15) is 46.5 Å². The number of hydrogen-bond acceptors (Lipinski definition) is 4. The average molecular weight is 298 g/mol. The van der Waals surface area contributed by atoms with Crippen molar-refractivity contribution in [1.29, 1.82) is 0 Å². The molecule has 2 fully saturated rings. The Morgan fingerprint density at radius 2 is 1.90 bits per heavy atom. The first kappa shape index (κ1) is 15.4. The molecule has 0 aromatic rings. The third kappa shape index (κ3) is 2.34. The summed E-state index contributed by atoms with van der Waals surface area (Å²) in [4.78, 5) is 38.1. The third-order valence-electron chi connectivity index (χ3n) is 4.55. The molecule has 6 heteroatoms. The van der Waals surface area contributed by atoms with E-state index in [-0.39, 0.29) is 10.7 Å². The largest absolute Gasteiger partial charge is 0.330 e. The van der Waals surface area contributed by atoms with Gasteiger partial charge < -0.3 is 0 Å². The highest BCUT2D eigenvalue weighted by molar-refractivity contribution is 8.00. The highest BCUT2D eigenvalue weighted by Crippen LogP contribution is 2.40. The van der Waals surface area contributed by atoms with Crippen molar-refractivity contribution in [2.24, 2.45) is 5.41 Å². The van der Waals surface area contributed by atoms with Crippen LogP contribution in [0.15, 0.2) is 0 Å². The minimum Gasteiger partial charge on any atom is -0.277 e. The summed E-state index contributed by atoms with van der Waals surface area (Å²) in [5.41, 5.74) is -1.08. The Bertz CT molecular complexity index is 440. The van der Waals surface area contributed by atoms with Gasteiger partial charge in [-0.2, -0.15) is 11.8 Å². The van der Waals surface area contributed by atoms with Gasteiger partial charge in [0.15, 0.2) is 0 Å². The summed E-state index contributed by atoms with van der Waals surface area (Å²) in [6.07, 6.45) is 2.94. The first-order valence-corrected chi connectivity index (χ1v) is 8.18. The molecule has 0 saturated carbocycles. The summed E-state index contributed by atoms with van der Waals surface area (Å²) in [6, 6.07) is -0.564. The standard InChI is InChI=1S/C14H22N2O3S/c1-4-14(5-2)10(17)15-12(19)16(11(14)18)9-13(3)7-6-8-20-13/h4-9H2,1-3H3,(H,15,17,19). The van der Waals surface area contributed by atoms with Crippen LogP contribution in [0.2, 0.25) is 0 Å². The lowest BCUT2D eigenvalue weighted by atomic mass is 9.78. The topological polar surface area (TPSA) is 66.5 Å². The van der Waals surface area contributed by atoms with Crippen molar-refractivity contribution >= 4 is 29.6 Å². The van der Waals surface area contributed by atoms with Crippen molar-refractivity contribution in [1.82, 2.24) is 10.2 Å². The van der Waals surface area contributed by atoms with E-state index in [4.69, 9.17) is 0 Å². The molecule has 2 saturated heterocycles. The number of thioether (sulfide) groups is 1. The average Bonchev–Trinajstić information content (AvgIpc) is 2.83. The molecule has 2 heterocycles. The molecule has 0 spiro atoms. The van der Waals surface area contributed by atoms with Crippen LogP contribution in [0.5, 0.6) is 0 Å². The van der Waals surface area contributed by atoms with Crippen molar-refractivity contribution in [3.05, 3.63) is 0 Å². The normalized spacial score (nSPS) is 29.8. The second-order valence-corrected chi connectivity index (χ2v) is 7.52. The van der Waals surface area contributed by atoms with E-state index in [0.717, 1.165) is 18.6 Å². The Kier molecular flexibility index (Phi) is 4.14. The first-order valence-electron chi connectivity index (χ1n) is 7.20. The predicted molar refractivity (Wildman–Crippen MR) is 78.4 cm³/mol. The Morgan fingerprint density at radius 3 is 2.40 bits per heavy atom. The van der Waals surface area contributed by atoms with Crippen molar-refractivity contribution in [3.63, 3.8) is 0 Å². The second kappa shape index (κ2) is 5.39. The quantitative estimate of drug-likeness (QED) is 0.808. The van der Waals surface area contributed by atoms with Crippen LogP contribution in [0.4, 0.5) is 4.79 Å². The number of barbiturate groups is 1. The highest BCUT2D eigenvalue weighted by Gasteiger charge is 2.52. The number of urea groups is 1. The maximum Gasteiger partial charge on any atom is 0.330 e. The second-order valence-electron chi connectivity index (χ2n) is 5.84. The van der Waals surface area contributed by atoms with E-state index in [2.05, 4.69) is 12.2 Å². The SMILES string of the molecule is CCC1(CC)C(=O)NC(=O)N(CC2(C)CCCS2)C1=O. The Balaban J connectivity index is 2.25. The van der Waals surface area contributed by atoms with Gasteiger partial charge in [-0.25, -0.2) is 4.79 Å². The zero-order chi connectivity index (χ0) is 15.0. The molecule has 0 bridgehead atoms. The van der Waals surface area contributed by atoms with E-state index >= 15 is 0 Å². The van der Waals surface area contributed by atoms with Crippen LogP contribution in [-0.2, 0) is 9.59 Å². The van der Waals surface area contributed by atoms with Crippen molar-refractivity contribution in [3.8, 4) is 0 Å². The van der Waals surface area contributed by atoms with Crippen LogP contribution < -0.4 is 5.32 Å². The number of hydrogen-bond donors (Lipinski definition) is 1. The molecule has 1 atom stereocenters. The maximum absolute atomic E-state index is 12.7. The molecule has 20 heavy (non-hydrogen) atoms. The van der Waals surface area contributed by atoms with Crippen molar-refractivity contribution < 1.29 is 14.4 Å². The third-order valence-corrected chi connectivity index (χ3v) is 6.08. The molecule has 0 aromatic carbocycles. The Labute approximate surface area is 123 Å². The fraction of sp³-hybridized carbons (Fsp3) is 0.786. The Morgan fingerprint density at radius 1 is 1.25 bits per heavy atom. The molecular formula is C14H22N2O3S. The fourth-order valence-electron chi connectivity index (χ4n) is 3.05. The van der Waals surface area contributed by atoms with Gasteiger partial charge >= 0.3 is 6.03 Å². The lowest BCUT2D eigenvalue weighted by Crippen LogP contribution is -2.65. The number of amides is 4. The van der Waals surface area contributed by atoms with E-state index in [1.807, 2.05) is 13.8 Å². The lowest BCUT2D eigenvalue weighted by Gasteiger charge is -2.40. The summed E-state index contributed by atoms with van der Waals surface area (Å²) in [6.45, 7) is 6.11. The summed E-state index contributed by atoms with van der Waals surface area (Å²) in [5.74, 6) is 0.286. The maximum atomic E-state index is 12.7. The molecule has 0 radical (unpaired) electrons. The van der Waals surface area contributed by atoms with Gasteiger partial charge in [0.1, 0.15) is 5.41 Å². The smallest absolute Gasteiger partial charge is 0.277 e.